The number of hydrogen-bond donors (Lipinski definition) is 0. The fourth-order valence-electron chi connectivity index (χ4n) is 12.5. The van der Waals surface area contributed by atoms with Crippen LogP contribution in [0.3, 0.4) is 0 Å². The van der Waals surface area contributed by atoms with E-state index in [1.54, 1.807) is 24.3 Å². The summed E-state index contributed by atoms with van der Waals surface area (Å²) in [6.07, 6.45) is 0. The van der Waals surface area contributed by atoms with Gasteiger partial charge < -0.3 is 9.80 Å². The molecule has 0 unspecified atom stereocenters. The Balaban J connectivity index is 1.13. The van der Waals surface area contributed by atoms with Gasteiger partial charge in [-0.25, -0.2) is 8.78 Å². The molecule has 0 radical (unpaired) electrons. The minimum Gasteiger partial charge on any atom is -0.305 e. The SMILES string of the molecule is C[Si](C)(C)c1ccc(-c2cc(F)c(N(c3ccccc3C#N)c3ccc4ccc5c(N(c6ccccc6C#N)c6c(F)cc(-c7ccc([Si](C)(C)C)cc7)cc6-c6ccc([Si](C)(C)C)cc6)ccc6ccc3c4c65)c(-c3ccc([Si](C)(C)C)cc3)c2)cc1. The summed E-state index contributed by atoms with van der Waals surface area (Å²) < 4.78 is 36.9. The molecule has 88 heavy (non-hydrogen) atoms. The molecule has 0 spiro atoms. The van der Waals surface area contributed by atoms with Crippen molar-refractivity contribution in [3.05, 3.63) is 241 Å². The van der Waals surface area contributed by atoms with Crippen molar-refractivity contribution in [2.75, 3.05) is 9.80 Å². The van der Waals surface area contributed by atoms with Crippen LogP contribution in [0.1, 0.15) is 11.1 Å². The van der Waals surface area contributed by atoms with Gasteiger partial charge in [-0.15, -0.1) is 0 Å². The number of benzene rings is 12. The molecule has 4 nitrogen and oxygen atoms in total. The number of nitrogens with zero attached hydrogens (tertiary/aromatic N) is 4. The van der Waals surface area contributed by atoms with Crippen LogP contribution < -0.4 is 30.5 Å². The molecule has 434 valence electrons. The van der Waals surface area contributed by atoms with Crippen molar-refractivity contribution in [2.45, 2.75) is 78.6 Å². The number of halogens is 2. The smallest absolute Gasteiger partial charge is 0.148 e. The quantitative estimate of drug-likeness (QED) is 0.0804. The lowest BCUT2D eigenvalue weighted by molar-refractivity contribution is 0.629. The van der Waals surface area contributed by atoms with Crippen LogP contribution in [0.15, 0.2) is 218 Å². The minimum atomic E-state index is -1.73. The summed E-state index contributed by atoms with van der Waals surface area (Å²) >= 11 is 0. The normalized spacial score (nSPS) is 12.2. The largest absolute Gasteiger partial charge is 0.305 e. The van der Waals surface area contributed by atoms with Gasteiger partial charge in [-0.05, 0) is 116 Å². The van der Waals surface area contributed by atoms with Crippen LogP contribution in [0.4, 0.5) is 42.9 Å². The molecule has 0 amide bonds. The highest BCUT2D eigenvalue weighted by atomic mass is 28.3. The second-order valence-corrected chi connectivity index (χ2v) is 47.8. The van der Waals surface area contributed by atoms with Crippen LogP contribution in [-0.4, -0.2) is 32.3 Å². The predicted molar refractivity (Wildman–Crippen MR) is 383 cm³/mol. The number of rotatable bonds is 14. The van der Waals surface area contributed by atoms with E-state index in [0.29, 0.717) is 56.4 Å². The molecule has 0 N–H and O–H groups in total. The Labute approximate surface area is 521 Å². The fraction of sp³-hybridized carbons (Fsp3) is 0.154. The Morgan fingerprint density at radius 1 is 0.307 bits per heavy atom. The van der Waals surface area contributed by atoms with Crippen molar-refractivity contribution >= 4 is 119 Å². The number of nitriles is 2. The average molecular weight is 1220 g/mol. The van der Waals surface area contributed by atoms with Gasteiger partial charge in [0.1, 0.15) is 23.8 Å². The third-order valence-corrected chi connectivity index (χ3v) is 25.8. The summed E-state index contributed by atoms with van der Waals surface area (Å²) in [5.74, 6) is -0.878. The molecule has 12 aromatic rings. The fourth-order valence-corrected chi connectivity index (χ4v) is 17.1. The molecule has 0 aliphatic heterocycles. The monoisotopic (exact) mass is 1210 g/mol. The molecule has 0 aliphatic rings. The van der Waals surface area contributed by atoms with Crippen LogP contribution in [0.5, 0.6) is 0 Å². The summed E-state index contributed by atoms with van der Waals surface area (Å²) in [6.45, 7) is 27.9. The first kappa shape index (κ1) is 59.3. The lowest BCUT2D eigenvalue weighted by Gasteiger charge is -2.32. The molecule has 0 aromatic heterocycles. The van der Waals surface area contributed by atoms with Crippen molar-refractivity contribution in [2.24, 2.45) is 0 Å². The molecule has 10 heteroatoms. The van der Waals surface area contributed by atoms with Crippen molar-refractivity contribution in [1.29, 1.82) is 10.5 Å². The van der Waals surface area contributed by atoms with E-state index in [0.717, 1.165) is 65.7 Å². The third kappa shape index (κ3) is 11.0. The molecule has 0 atom stereocenters. The Morgan fingerprint density at radius 2 is 0.602 bits per heavy atom. The molecule has 0 saturated carbocycles. The molecule has 0 saturated heterocycles. The maximum absolute atomic E-state index is 18.5. The van der Waals surface area contributed by atoms with Gasteiger partial charge in [0.15, 0.2) is 0 Å². The Morgan fingerprint density at radius 3 is 0.909 bits per heavy atom. The molecular formula is C78H72F2N4Si4. The standard InChI is InChI=1S/C78H72F2N4Si4/c1-85(2,3)61-33-21-51(22-34-61)59-45-67(53-25-37-63(38-26-53)87(7,8)9)77(69(79)47-59)83(71-19-15-13-17-57(71)49-81)73-43-31-55-30-42-66-74(44-32-56-29-41-65(73)75(55)76(56)66)84(72-20-16-14-18-58(72)50-82)78-68(54-27-39-64(40-28-54)88(10,11)12)46-60(48-70(78)80)52-23-35-62(36-24-52)86(4,5)6/h13-48H,1-12H3. The lowest BCUT2D eigenvalue weighted by atomic mass is 9.90. The second kappa shape index (κ2) is 22.6. The van der Waals surface area contributed by atoms with Gasteiger partial charge in [0, 0.05) is 21.9 Å². The molecule has 0 bridgehead atoms. The first-order valence-corrected chi connectivity index (χ1v) is 44.3. The van der Waals surface area contributed by atoms with E-state index in [2.05, 4.69) is 236 Å². The predicted octanol–water partition coefficient (Wildman–Crippen LogP) is 20.4. The molecule has 0 fully saturated rings. The Kier molecular flexibility index (Phi) is 15.2. The van der Waals surface area contributed by atoms with E-state index >= 15 is 8.78 Å². The van der Waals surface area contributed by atoms with Gasteiger partial charge in [0.05, 0.1) is 77.5 Å². The first-order chi connectivity index (χ1) is 41.9. The van der Waals surface area contributed by atoms with Crippen molar-refractivity contribution in [1.82, 2.24) is 0 Å². The molecular weight excluding hydrogens is 1140 g/mol. The average Bonchev–Trinajstić information content (AvgIpc) is 0.800. The second-order valence-electron chi connectivity index (χ2n) is 27.5. The lowest BCUT2D eigenvalue weighted by Crippen LogP contribution is -2.37. The van der Waals surface area contributed by atoms with Crippen LogP contribution in [0.25, 0.3) is 76.8 Å². The molecule has 12 rings (SSSR count). The van der Waals surface area contributed by atoms with E-state index in [4.69, 9.17) is 0 Å². The van der Waals surface area contributed by atoms with Crippen LogP contribution in [0, 0.1) is 34.3 Å². The zero-order valence-corrected chi connectivity index (χ0v) is 56.3. The highest BCUT2D eigenvalue weighted by molar-refractivity contribution is 6.90. The van der Waals surface area contributed by atoms with Gasteiger partial charge in [0.25, 0.3) is 0 Å². The van der Waals surface area contributed by atoms with Crippen molar-refractivity contribution in [3.63, 3.8) is 0 Å². The van der Waals surface area contributed by atoms with E-state index in [1.165, 1.54) is 20.7 Å². The zero-order valence-electron chi connectivity index (χ0n) is 52.3. The van der Waals surface area contributed by atoms with E-state index in [-0.39, 0.29) is 0 Å². The summed E-state index contributed by atoms with van der Waals surface area (Å²) in [5.41, 5.74) is 10.2. The molecule has 0 aliphatic carbocycles. The van der Waals surface area contributed by atoms with Gasteiger partial charge in [-0.1, -0.05) is 257 Å². The third-order valence-electron chi connectivity index (χ3n) is 17.5. The molecule has 12 aromatic carbocycles. The number of hydrogen-bond acceptors (Lipinski definition) is 4. The number of anilines is 6. The Bertz CT molecular complexity index is 4440. The van der Waals surface area contributed by atoms with Crippen LogP contribution >= 0.6 is 0 Å². The highest BCUT2D eigenvalue weighted by Crippen LogP contribution is 2.52. The minimum absolute atomic E-state index is 0.317. The highest BCUT2D eigenvalue weighted by Gasteiger charge is 2.31. The Hall–Kier alpha value is -9.01. The summed E-state index contributed by atoms with van der Waals surface area (Å²) in [5, 5.41) is 32.6. The van der Waals surface area contributed by atoms with Crippen molar-refractivity contribution in [3.8, 4) is 56.6 Å². The zero-order chi connectivity index (χ0) is 62.2. The van der Waals surface area contributed by atoms with Gasteiger partial charge in [0.2, 0.25) is 0 Å². The maximum atomic E-state index is 18.5. The van der Waals surface area contributed by atoms with Crippen LogP contribution in [-0.2, 0) is 0 Å². The molecule has 0 heterocycles. The summed E-state index contributed by atoms with van der Waals surface area (Å²) in [4.78, 5) is 3.90. The van der Waals surface area contributed by atoms with Crippen molar-refractivity contribution < 1.29 is 8.78 Å². The first-order valence-electron chi connectivity index (χ1n) is 30.3. The maximum Gasteiger partial charge on any atom is 0.148 e. The summed E-state index contributed by atoms with van der Waals surface area (Å²) in [6, 6.07) is 78.4. The van der Waals surface area contributed by atoms with Gasteiger partial charge in [-0.2, -0.15) is 10.5 Å². The van der Waals surface area contributed by atoms with Gasteiger partial charge >= 0.3 is 0 Å². The van der Waals surface area contributed by atoms with Crippen LogP contribution in [0.2, 0.25) is 78.6 Å². The number of para-hydroxylation sites is 2. The topological polar surface area (TPSA) is 54.1 Å². The van der Waals surface area contributed by atoms with E-state index in [1.807, 2.05) is 58.3 Å². The summed E-state index contributed by atoms with van der Waals surface area (Å²) in [7, 11) is -6.70. The van der Waals surface area contributed by atoms with E-state index < -0.39 is 43.9 Å². The van der Waals surface area contributed by atoms with Gasteiger partial charge in [-0.3, -0.25) is 0 Å². The van der Waals surface area contributed by atoms with E-state index in [9.17, 15) is 10.5 Å².